The quantitative estimate of drug-likeness (QED) is 0.485. The van der Waals surface area contributed by atoms with E-state index in [1.54, 1.807) is 0 Å². The van der Waals surface area contributed by atoms with Gasteiger partial charge in [0, 0.05) is 42.6 Å². The van der Waals surface area contributed by atoms with E-state index in [-0.39, 0.29) is 24.6 Å². The highest BCUT2D eigenvalue weighted by Gasteiger charge is 2.42. The highest BCUT2D eigenvalue weighted by molar-refractivity contribution is 7.80. The molecule has 3 heterocycles. The molecule has 3 aromatic rings. The summed E-state index contributed by atoms with van der Waals surface area (Å²) in [5.41, 5.74) is 7.28. The Hall–Kier alpha value is -3.23. The second-order valence-electron chi connectivity index (χ2n) is 8.55. The standard InChI is InChI=1S/C26H31N5O2S/c1-6-30-17(3)14-20(18(30)4)25-24(22-9-7-8-12-27-22)29-26(34)31(25)19-10-11-21(16(2)13-19)28-23(32)15-33-5/h7-14,24-25H,6,15H2,1-5H3,(H,28,32)(H,29,34). The van der Waals surface area contributed by atoms with Crippen LogP contribution in [0.25, 0.3) is 0 Å². The molecule has 7 nitrogen and oxygen atoms in total. The molecule has 1 aliphatic heterocycles. The van der Waals surface area contributed by atoms with Crippen molar-refractivity contribution < 1.29 is 9.53 Å². The molecule has 2 unspecified atom stereocenters. The van der Waals surface area contributed by atoms with Crippen LogP contribution in [0.1, 0.15) is 47.2 Å². The number of carbonyl (C=O) groups is 1. The van der Waals surface area contributed by atoms with Gasteiger partial charge in [-0.3, -0.25) is 9.78 Å². The first-order valence-electron chi connectivity index (χ1n) is 11.4. The van der Waals surface area contributed by atoms with Crippen LogP contribution in [0.5, 0.6) is 0 Å². The van der Waals surface area contributed by atoms with E-state index >= 15 is 0 Å². The number of pyridine rings is 1. The van der Waals surface area contributed by atoms with Crippen molar-refractivity contribution in [3.63, 3.8) is 0 Å². The topological polar surface area (TPSA) is 71.4 Å². The number of hydrogen-bond acceptors (Lipinski definition) is 4. The Labute approximate surface area is 206 Å². The second-order valence-corrected chi connectivity index (χ2v) is 8.93. The van der Waals surface area contributed by atoms with Crippen molar-refractivity contribution in [2.45, 2.75) is 46.3 Å². The third-order valence-electron chi connectivity index (χ3n) is 6.38. The maximum atomic E-state index is 12.0. The van der Waals surface area contributed by atoms with Crippen molar-refractivity contribution in [3.8, 4) is 0 Å². The van der Waals surface area contributed by atoms with Gasteiger partial charge in [0.05, 0.1) is 17.8 Å². The molecule has 1 fully saturated rings. The van der Waals surface area contributed by atoms with Gasteiger partial charge in [0.2, 0.25) is 5.91 Å². The minimum absolute atomic E-state index is 0.0161. The Morgan fingerprint density at radius 1 is 1.21 bits per heavy atom. The van der Waals surface area contributed by atoms with Crippen molar-refractivity contribution in [3.05, 3.63) is 76.9 Å². The molecule has 0 saturated carbocycles. The molecule has 34 heavy (non-hydrogen) atoms. The monoisotopic (exact) mass is 477 g/mol. The van der Waals surface area contributed by atoms with Crippen LogP contribution >= 0.6 is 12.2 Å². The van der Waals surface area contributed by atoms with Crippen LogP contribution in [0.15, 0.2) is 48.7 Å². The first-order valence-corrected chi connectivity index (χ1v) is 11.8. The highest BCUT2D eigenvalue weighted by atomic mass is 32.1. The van der Waals surface area contributed by atoms with Crippen LogP contribution in [0.2, 0.25) is 0 Å². The lowest BCUT2D eigenvalue weighted by molar-refractivity contribution is -0.119. The number of aryl methyl sites for hydroxylation is 2. The molecule has 4 rings (SSSR count). The number of nitrogens with zero attached hydrogens (tertiary/aromatic N) is 3. The van der Waals surface area contributed by atoms with Gasteiger partial charge in [-0.15, -0.1) is 0 Å². The number of ether oxygens (including phenoxy) is 1. The second kappa shape index (κ2) is 9.95. The maximum Gasteiger partial charge on any atom is 0.250 e. The fourth-order valence-corrected chi connectivity index (χ4v) is 5.16. The molecule has 2 atom stereocenters. The SMILES string of the molecule is CCn1c(C)cc(C2C(c3ccccn3)NC(=S)N2c2ccc(NC(=O)COC)c(C)c2)c1C. The Morgan fingerprint density at radius 2 is 2.00 bits per heavy atom. The molecular weight excluding hydrogens is 446 g/mol. The molecule has 8 heteroatoms. The Bertz CT molecular complexity index is 1210. The van der Waals surface area contributed by atoms with Crippen LogP contribution in [-0.4, -0.2) is 34.3 Å². The minimum atomic E-state index is -0.184. The summed E-state index contributed by atoms with van der Waals surface area (Å²) in [4.78, 5) is 18.8. The largest absolute Gasteiger partial charge is 0.375 e. The lowest BCUT2D eigenvalue weighted by Crippen LogP contribution is -2.29. The molecule has 178 valence electrons. The average Bonchev–Trinajstić information content (AvgIpc) is 3.30. The Balaban J connectivity index is 1.78. The van der Waals surface area contributed by atoms with Gasteiger partial charge in [-0.25, -0.2) is 0 Å². The van der Waals surface area contributed by atoms with Gasteiger partial charge in [0.25, 0.3) is 0 Å². The minimum Gasteiger partial charge on any atom is -0.375 e. The number of anilines is 2. The van der Waals surface area contributed by atoms with Gasteiger partial charge < -0.3 is 24.8 Å². The average molecular weight is 478 g/mol. The molecular formula is C26H31N5O2S. The van der Waals surface area contributed by atoms with Crippen LogP contribution in [0.4, 0.5) is 11.4 Å². The summed E-state index contributed by atoms with van der Waals surface area (Å²) in [5.74, 6) is -0.184. The molecule has 0 radical (unpaired) electrons. The number of aromatic nitrogens is 2. The normalized spacial score (nSPS) is 17.7. The summed E-state index contributed by atoms with van der Waals surface area (Å²) in [7, 11) is 1.50. The smallest absolute Gasteiger partial charge is 0.250 e. The van der Waals surface area contributed by atoms with Crippen LogP contribution < -0.4 is 15.5 Å². The third-order valence-corrected chi connectivity index (χ3v) is 6.70. The molecule has 0 bridgehead atoms. The number of amides is 1. The summed E-state index contributed by atoms with van der Waals surface area (Å²) in [5, 5.41) is 7.08. The number of carbonyl (C=O) groups excluding carboxylic acids is 1. The molecule has 1 aromatic carbocycles. The van der Waals surface area contributed by atoms with Gasteiger partial charge >= 0.3 is 0 Å². The van der Waals surface area contributed by atoms with E-state index in [2.05, 4.69) is 58.0 Å². The van der Waals surface area contributed by atoms with Crippen LogP contribution in [0.3, 0.4) is 0 Å². The van der Waals surface area contributed by atoms with Crippen LogP contribution in [-0.2, 0) is 16.1 Å². The van der Waals surface area contributed by atoms with Gasteiger partial charge in [0.1, 0.15) is 6.61 Å². The summed E-state index contributed by atoms with van der Waals surface area (Å²) in [6.45, 7) is 9.37. The Kier molecular flexibility index (Phi) is 7.00. The van der Waals surface area contributed by atoms with Crippen LogP contribution in [0, 0.1) is 20.8 Å². The van der Waals surface area contributed by atoms with E-state index in [9.17, 15) is 4.79 Å². The number of methoxy groups -OCH3 is 1. The molecule has 1 amide bonds. The van der Waals surface area contributed by atoms with Gasteiger partial charge in [-0.05, 0) is 87.4 Å². The molecule has 2 N–H and O–H groups in total. The summed E-state index contributed by atoms with van der Waals surface area (Å²) in [6.07, 6.45) is 1.82. The van der Waals surface area contributed by atoms with E-state index in [1.807, 2.05) is 43.5 Å². The van der Waals surface area contributed by atoms with Gasteiger partial charge in [0.15, 0.2) is 5.11 Å². The summed E-state index contributed by atoms with van der Waals surface area (Å²) in [6, 6.07) is 14.0. The lowest BCUT2D eigenvalue weighted by Gasteiger charge is -2.29. The molecule has 0 aliphatic carbocycles. The number of nitrogens with one attached hydrogen (secondary N) is 2. The van der Waals surface area contributed by atoms with E-state index in [0.717, 1.165) is 29.2 Å². The zero-order valence-corrected chi connectivity index (χ0v) is 21.1. The first kappa shape index (κ1) is 23.9. The van der Waals surface area contributed by atoms with Crippen molar-refractivity contribution in [1.29, 1.82) is 0 Å². The number of benzene rings is 1. The zero-order chi connectivity index (χ0) is 24.4. The van der Waals surface area contributed by atoms with Crippen molar-refractivity contribution in [2.75, 3.05) is 23.9 Å². The fraction of sp³-hybridized carbons (Fsp3) is 0.346. The van der Waals surface area contributed by atoms with Crippen molar-refractivity contribution >= 4 is 34.6 Å². The van der Waals surface area contributed by atoms with Gasteiger partial charge in [-0.1, -0.05) is 6.07 Å². The summed E-state index contributed by atoms with van der Waals surface area (Å²) >= 11 is 5.86. The predicted molar refractivity (Wildman–Crippen MR) is 139 cm³/mol. The number of thiocarbonyl (C=S) groups is 1. The van der Waals surface area contributed by atoms with E-state index in [4.69, 9.17) is 17.0 Å². The molecule has 1 saturated heterocycles. The van der Waals surface area contributed by atoms with Gasteiger partial charge in [-0.2, -0.15) is 0 Å². The van der Waals surface area contributed by atoms with E-state index in [0.29, 0.717) is 5.11 Å². The first-order chi connectivity index (χ1) is 16.3. The van der Waals surface area contributed by atoms with Crippen molar-refractivity contribution in [2.24, 2.45) is 0 Å². The van der Waals surface area contributed by atoms with E-state index in [1.165, 1.54) is 24.1 Å². The summed E-state index contributed by atoms with van der Waals surface area (Å²) < 4.78 is 7.25. The lowest BCUT2D eigenvalue weighted by atomic mass is 9.96. The highest BCUT2D eigenvalue weighted by Crippen LogP contribution is 2.43. The molecule has 0 spiro atoms. The molecule has 1 aliphatic rings. The number of hydrogen-bond donors (Lipinski definition) is 2. The molecule has 2 aromatic heterocycles. The van der Waals surface area contributed by atoms with Crippen molar-refractivity contribution in [1.82, 2.24) is 14.9 Å². The Morgan fingerprint density at radius 3 is 2.62 bits per heavy atom. The maximum absolute atomic E-state index is 12.0. The fourth-order valence-electron chi connectivity index (χ4n) is 4.82. The zero-order valence-electron chi connectivity index (χ0n) is 20.3. The predicted octanol–water partition coefficient (Wildman–Crippen LogP) is 4.59. The third kappa shape index (κ3) is 4.43. The number of rotatable bonds is 7. The van der Waals surface area contributed by atoms with E-state index < -0.39 is 0 Å².